The summed E-state index contributed by atoms with van der Waals surface area (Å²) in [6.07, 6.45) is 7.64. The van der Waals surface area contributed by atoms with Gasteiger partial charge in [-0.3, -0.25) is 4.90 Å². The van der Waals surface area contributed by atoms with E-state index in [9.17, 15) is 0 Å². The molecular weight excluding hydrogens is 202 g/mol. The Labute approximate surface area is 96.9 Å². The SMILES string of the molecule is CCCC1CCN(Cn2ccnc2CO)C1. The molecule has 0 amide bonds. The smallest absolute Gasteiger partial charge is 0.135 e. The van der Waals surface area contributed by atoms with E-state index in [4.69, 9.17) is 5.11 Å². The fourth-order valence-corrected chi connectivity index (χ4v) is 2.52. The van der Waals surface area contributed by atoms with E-state index in [1.54, 1.807) is 6.20 Å². The van der Waals surface area contributed by atoms with Gasteiger partial charge in [0.05, 0.1) is 6.67 Å². The first-order valence-electron chi connectivity index (χ1n) is 6.16. The van der Waals surface area contributed by atoms with Crippen molar-refractivity contribution in [2.24, 2.45) is 5.92 Å². The van der Waals surface area contributed by atoms with E-state index in [1.165, 1.54) is 32.4 Å². The van der Waals surface area contributed by atoms with Gasteiger partial charge in [0.25, 0.3) is 0 Å². The highest BCUT2D eigenvalue weighted by Gasteiger charge is 2.21. The predicted octanol–water partition coefficient (Wildman–Crippen LogP) is 1.45. The lowest BCUT2D eigenvalue weighted by Gasteiger charge is -2.17. The predicted molar refractivity (Wildman–Crippen MR) is 62.7 cm³/mol. The maximum atomic E-state index is 9.12. The summed E-state index contributed by atoms with van der Waals surface area (Å²) in [6, 6.07) is 0. The minimum Gasteiger partial charge on any atom is -0.388 e. The average Bonchev–Trinajstić information content (AvgIpc) is 2.89. The highest BCUT2D eigenvalue weighted by Crippen LogP contribution is 2.21. The van der Waals surface area contributed by atoms with Crippen LogP contribution >= 0.6 is 0 Å². The quantitative estimate of drug-likeness (QED) is 0.821. The van der Waals surface area contributed by atoms with E-state index in [0.29, 0.717) is 0 Å². The van der Waals surface area contributed by atoms with Gasteiger partial charge in [-0.05, 0) is 18.8 Å². The van der Waals surface area contributed by atoms with Crippen molar-refractivity contribution in [3.8, 4) is 0 Å². The molecule has 0 aliphatic carbocycles. The zero-order valence-corrected chi connectivity index (χ0v) is 9.97. The van der Waals surface area contributed by atoms with E-state index in [1.807, 2.05) is 10.8 Å². The van der Waals surface area contributed by atoms with Gasteiger partial charge in [-0.15, -0.1) is 0 Å². The summed E-state index contributed by atoms with van der Waals surface area (Å²) in [7, 11) is 0. The van der Waals surface area contributed by atoms with Crippen LogP contribution in [0.1, 0.15) is 32.0 Å². The number of aliphatic hydroxyl groups excluding tert-OH is 1. The molecule has 4 nitrogen and oxygen atoms in total. The van der Waals surface area contributed by atoms with E-state index in [2.05, 4.69) is 16.8 Å². The van der Waals surface area contributed by atoms with E-state index in [0.717, 1.165) is 18.4 Å². The molecule has 1 N–H and O–H groups in total. The third kappa shape index (κ3) is 2.62. The molecule has 0 spiro atoms. The molecular formula is C12H21N3O. The molecule has 1 aromatic heterocycles. The molecule has 1 saturated heterocycles. The van der Waals surface area contributed by atoms with Gasteiger partial charge in [0.15, 0.2) is 0 Å². The van der Waals surface area contributed by atoms with Crippen LogP contribution in [0, 0.1) is 5.92 Å². The maximum Gasteiger partial charge on any atom is 0.135 e. The molecule has 1 fully saturated rings. The third-order valence-corrected chi connectivity index (χ3v) is 3.36. The van der Waals surface area contributed by atoms with Crippen molar-refractivity contribution in [1.82, 2.24) is 14.5 Å². The molecule has 4 heteroatoms. The van der Waals surface area contributed by atoms with Crippen LogP contribution in [0.2, 0.25) is 0 Å². The summed E-state index contributed by atoms with van der Waals surface area (Å²) >= 11 is 0. The summed E-state index contributed by atoms with van der Waals surface area (Å²) in [6.45, 7) is 5.52. The Balaban J connectivity index is 1.87. The molecule has 1 unspecified atom stereocenters. The molecule has 2 heterocycles. The highest BCUT2D eigenvalue weighted by atomic mass is 16.3. The van der Waals surface area contributed by atoms with Gasteiger partial charge in [0.2, 0.25) is 0 Å². The topological polar surface area (TPSA) is 41.3 Å². The Bertz CT molecular complexity index is 324. The van der Waals surface area contributed by atoms with E-state index in [-0.39, 0.29) is 6.61 Å². The lowest BCUT2D eigenvalue weighted by atomic mass is 10.0. The summed E-state index contributed by atoms with van der Waals surface area (Å²) in [5.41, 5.74) is 0. The van der Waals surface area contributed by atoms with Gasteiger partial charge in [0, 0.05) is 25.5 Å². The largest absolute Gasteiger partial charge is 0.388 e. The van der Waals surface area contributed by atoms with Crippen molar-refractivity contribution in [3.05, 3.63) is 18.2 Å². The van der Waals surface area contributed by atoms with Crippen molar-refractivity contribution in [2.45, 2.75) is 39.5 Å². The molecule has 1 aliphatic rings. The average molecular weight is 223 g/mol. The molecule has 0 bridgehead atoms. The van der Waals surface area contributed by atoms with Gasteiger partial charge >= 0.3 is 0 Å². The summed E-state index contributed by atoms with van der Waals surface area (Å²) in [5, 5.41) is 9.12. The summed E-state index contributed by atoms with van der Waals surface area (Å²) in [4.78, 5) is 6.56. The Morgan fingerprint density at radius 1 is 1.56 bits per heavy atom. The van der Waals surface area contributed by atoms with Crippen molar-refractivity contribution in [3.63, 3.8) is 0 Å². The minimum absolute atomic E-state index is 0.0270. The number of aromatic nitrogens is 2. The molecule has 16 heavy (non-hydrogen) atoms. The van der Waals surface area contributed by atoms with E-state index < -0.39 is 0 Å². The Morgan fingerprint density at radius 2 is 2.44 bits per heavy atom. The monoisotopic (exact) mass is 223 g/mol. The molecule has 1 aromatic rings. The number of imidazole rings is 1. The Hall–Kier alpha value is -0.870. The summed E-state index contributed by atoms with van der Waals surface area (Å²) < 4.78 is 2.04. The van der Waals surface area contributed by atoms with E-state index >= 15 is 0 Å². The number of nitrogens with zero attached hydrogens (tertiary/aromatic N) is 3. The molecule has 1 atom stereocenters. The molecule has 2 rings (SSSR count). The van der Waals surface area contributed by atoms with Crippen molar-refractivity contribution in [2.75, 3.05) is 13.1 Å². The standard InChI is InChI=1S/C12H21N3O/c1-2-3-11-4-6-14(8-11)10-15-7-5-13-12(15)9-16/h5,7,11,16H,2-4,6,8-10H2,1H3. The number of hydrogen-bond acceptors (Lipinski definition) is 3. The lowest BCUT2D eigenvalue weighted by Crippen LogP contribution is -2.24. The first-order chi connectivity index (χ1) is 7.83. The van der Waals surface area contributed by atoms with Crippen LogP contribution in [0.3, 0.4) is 0 Å². The zero-order valence-electron chi connectivity index (χ0n) is 9.97. The van der Waals surface area contributed by atoms with Crippen LogP contribution in [0.5, 0.6) is 0 Å². The lowest BCUT2D eigenvalue weighted by molar-refractivity contribution is 0.227. The number of likely N-dealkylation sites (tertiary alicyclic amines) is 1. The summed E-state index contributed by atoms with van der Waals surface area (Å²) in [5.74, 6) is 1.63. The fourth-order valence-electron chi connectivity index (χ4n) is 2.52. The molecule has 0 saturated carbocycles. The van der Waals surface area contributed by atoms with Crippen LogP contribution < -0.4 is 0 Å². The maximum absolute atomic E-state index is 9.12. The van der Waals surface area contributed by atoms with Crippen molar-refractivity contribution >= 4 is 0 Å². The molecule has 1 aliphatic heterocycles. The van der Waals surface area contributed by atoms with Gasteiger partial charge in [-0.1, -0.05) is 13.3 Å². The van der Waals surface area contributed by atoms with Crippen LogP contribution in [-0.4, -0.2) is 32.6 Å². The molecule has 0 aromatic carbocycles. The van der Waals surface area contributed by atoms with Gasteiger partial charge in [-0.25, -0.2) is 4.98 Å². The Morgan fingerprint density at radius 3 is 3.19 bits per heavy atom. The second kappa shape index (κ2) is 5.46. The first-order valence-corrected chi connectivity index (χ1v) is 6.16. The second-order valence-corrected chi connectivity index (χ2v) is 4.63. The fraction of sp³-hybridized carbons (Fsp3) is 0.750. The third-order valence-electron chi connectivity index (χ3n) is 3.36. The minimum atomic E-state index is 0.0270. The van der Waals surface area contributed by atoms with Crippen LogP contribution in [0.4, 0.5) is 0 Å². The zero-order chi connectivity index (χ0) is 11.4. The van der Waals surface area contributed by atoms with Crippen LogP contribution in [0.25, 0.3) is 0 Å². The Kier molecular flexibility index (Phi) is 3.96. The van der Waals surface area contributed by atoms with Gasteiger partial charge in [-0.2, -0.15) is 0 Å². The van der Waals surface area contributed by atoms with Crippen LogP contribution in [0.15, 0.2) is 12.4 Å². The van der Waals surface area contributed by atoms with Gasteiger partial charge in [0.1, 0.15) is 12.4 Å². The first kappa shape index (κ1) is 11.6. The molecule has 90 valence electrons. The van der Waals surface area contributed by atoms with Gasteiger partial charge < -0.3 is 9.67 Å². The normalized spacial score (nSPS) is 21.8. The molecule has 0 radical (unpaired) electrons. The van der Waals surface area contributed by atoms with Crippen molar-refractivity contribution < 1.29 is 5.11 Å². The number of aliphatic hydroxyl groups is 1. The number of hydrogen-bond donors (Lipinski definition) is 1. The second-order valence-electron chi connectivity index (χ2n) is 4.63. The number of rotatable bonds is 5. The van der Waals surface area contributed by atoms with Crippen molar-refractivity contribution in [1.29, 1.82) is 0 Å². The van der Waals surface area contributed by atoms with Crippen LogP contribution in [-0.2, 0) is 13.3 Å². The highest BCUT2D eigenvalue weighted by molar-refractivity contribution is 4.90.